The molecule has 0 aromatic heterocycles. The van der Waals surface area contributed by atoms with E-state index in [0.717, 1.165) is 29.1 Å². The van der Waals surface area contributed by atoms with Crippen LogP contribution in [0.5, 0.6) is 0 Å². The predicted molar refractivity (Wildman–Crippen MR) is 116 cm³/mol. The molecule has 0 radical (unpaired) electrons. The van der Waals surface area contributed by atoms with Gasteiger partial charge in [0.2, 0.25) is 0 Å². The second-order valence-electron chi connectivity index (χ2n) is 7.52. The Morgan fingerprint density at radius 3 is 2.58 bits per heavy atom. The molecule has 0 spiro atoms. The number of nitrogens with one attached hydrogen (secondary N) is 2. The molecular formula is C22H27ClN2S. The molecule has 2 nitrogen and oxygen atoms in total. The highest BCUT2D eigenvalue weighted by Gasteiger charge is 2.34. The highest BCUT2D eigenvalue weighted by atomic mass is 35.5. The Bertz CT molecular complexity index is 781. The Labute approximate surface area is 167 Å². The lowest BCUT2D eigenvalue weighted by molar-refractivity contribution is 0.362. The van der Waals surface area contributed by atoms with Crippen molar-refractivity contribution >= 4 is 34.6 Å². The van der Waals surface area contributed by atoms with Crippen LogP contribution in [-0.4, -0.2) is 10.7 Å². The lowest BCUT2D eigenvalue weighted by atomic mass is 9.89. The van der Waals surface area contributed by atoms with E-state index in [0.29, 0.717) is 5.11 Å². The van der Waals surface area contributed by atoms with Crippen molar-refractivity contribution in [2.45, 2.75) is 57.9 Å². The first-order chi connectivity index (χ1) is 12.5. The summed E-state index contributed by atoms with van der Waals surface area (Å²) in [6, 6.07) is 14.8. The minimum absolute atomic E-state index is 0.0995. The summed E-state index contributed by atoms with van der Waals surface area (Å²) in [5.74, 6) is 0. The van der Waals surface area contributed by atoms with E-state index in [-0.39, 0.29) is 5.54 Å². The molecule has 0 bridgehead atoms. The molecule has 138 valence electrons. The van der Waals surface area contributed by atoms with Crippen LogP contribution in [-0.2, 0) is 6.42 Å². The summed E-state index contributed by atoms with van der Waals surface area (Å²) in [6.07, 6.45) is 7.06. The third-order valence-electron chi connectivity index (χ3n) is 5.34. The minimum atomic E-state index is 0.0995. The molecule has 4 heteroatoms. The lowest BCUT2D eigenvalue weighted by Crippen LogP contribution is -2.48. The van der Waals surface area contributed by atoms with E-state index in [1.165, 1.54) is 36.8 Å². The quantitative estimate of drug-likeness (QED) is 0.599. The molecule has 0 heterocycles. The summed E-state index contributed by atoms with van der Waals surface area (Å²) in [5, 5.41) is 8.39. The van der Waals surface area contributed by atoms with Crippen molar-refractivity contribution < 1.29 is 0 Å². The standard InChI is InChI=1S/C22H27ClN2S/c1-16-6-5-7-18(14-16)10-13-22(11-3-4-12-22)25-21(26)24-19-9-8-17(2)20(23)15-19/h5-9,14-15H,3-4,10-13H2,1-2H3,(H2,24,25,26). The maximum Gasteiger partial charge on any atom is 0.171 e. The van der Waals surface area contributed by atoms with E-state index in [4.69, 9.17) is 23.8 Å². The number of halogens is 1. The fourth-order valence-electron chi connectivity index (χ4n) is 3.81. The molecule has 2 N–H and O–H groups in total. The van der Waals surface area contributed by atoms with Gasteiger partial charge in [-0.1, -0.05) is 60.3 Å². The van der Waals surface area contributed by atoms with Crippen LogP contribution in [0.1, 0.15) is 48.8 Å². The Balaban J connectivity index is 1.63. The van der Waals surface area contributed by atoms with Gasteiger partial charge in [-0.05, 0) is 75.0 Å². The number of aryl methyl sites for hydroxylation is 3. The molecule has 1 saturated carbocycles. The summed E-state index contributed by atoms with van der Waals surface area (Å²) < 4.78 is 0. The zero-order valence-corrected chi connectivity index (χ0v) is 17.1. The van der Waals surface area contributed by atoms with Crippen molar-refractivity contribution in [3.63, 3.8) is 0 Å². The van der Waals surface area contributed by atoms with Crippen molar-refractivity contribution in [2.24, 2.45) is 0 Å². The van der Waals surface area contributed by atoms with Crippen LogP contribution < -0.4 is 10.6 Å². The molecular weight excluding hydrogens is 360 g/mol. The van der Waals surface area contributed by atoms with Crippen LogP contribution in [0, 0.1) is 13.8 Å². The Morgan fingerprint density at radius 2 is 1.88 bits per heavy atom. The molecule has 1 aliphatic rings. The number of hydrogen-bond donors (Lipinski definition) is 2. The minimum Gasteiger partial charge on any atom is -0.357 e. The van der Waals surface area contributed by atoms with E-state index in [1.807, 2.05) is 25.1 Å². The molecule has 0 amide bonds. The fraction of sp³-hybridized carbons (Fsp3) is 0.409. The van der Waals surface area contributed by atoms with Gasteiger partial charge in [0.1, 0.15) is 0 Å². The van der Waals surface area contributed by atoms with Gasteiger partial charge in [0.05, 0.1) is 0 Å². The maximum absolute atomic E-state index is 6.22. The highest BCUT2D eigenvalue weighted by molar-refractivity contribution is 7.80. The van der Waals surface area contributed by atoms with E-state index >= 15 is 0 Å². The smallest absolute Gasteiger partial charge is 0.171 e. The molecule has 2 aromatic rings. The zero-order chi connectivity index (χ0) is 18.6. The molecule has 1 aliphatic carbocycles. The Hall–Kier alpha value is -1.58. The van der Waals surface area contributed by atoms with Gasteiger partial charge in [-0.25, -0.2) is 0 Å². The van der Waals surface area contributed by atoms with Gasteiger partial charge >= 0.3 is 0 Å². The zero-order valence-electron chi connectivity index (χ0n) is 15.6. The van der Waals surface area contributed by atoms with Crippen molar-refractivity contribution in [1.82, 2.24) is 5.32 Å². The van der Waals surface area contributed by atoms with E-state index < -0.39 is 0 Å². The summed E-state index contributed by atoms with van der Waals surface area (Å²) in [5.41, 5.74) is 4.83. The van der Waals surface area contributed by atoms with Crippen LogP contribution in [0.3, 0.4) is 0 Å². The van der Waals surface area contributed by atoms with E-state index in [2.05, 4.69) is 41.8 Å². The highest BCUT2D eigenvalue weighted by Crippen LogP contribution is 2.34. The van der Waals surface area contributed by atoms with Crippen LogP contribution in [0.4, 0.5) is 5.69 Å². The monoisotopic (exact) mass is 386 g/mol. The summed E-state index contributed by atoms with van der Waals surface area (Å²) in [4.78, 5) is 0. The number of thiocarbonyl (C=S) groups is 1. The molecule has 2 aromatic carbocycles. The van der Waals surface area contributed by atoms with Crippen LogP contribution in [0.2, 0.25) is 5.02 Å². The summed E-state index contributed by atoms with van der Waals surface area (Å²) >= 11 is 11.8. The number of benzene rings is 2. The van der Waals surface area contributed by atoms with Crippen molar-refractivity contribution in [3.8, 4) is 0 Å². The first-order valence-electron chi connectivity index (χ1n) is 9.37. The normalized spacial score (nSPS) is 15.7. The van der Waals surface area contributed by atoms with Crippen molar-refractivity contribution in [1.29, 1.82) is 0 Å². The average Bonchev–Trinajstić information content (AvgIpc) is 3.05. The fourth-order valence-corrected chi connectivity index (χ4v) is 4.33. The molecule has 0 aliphatic heterocycles. The van der Waals surface area contributed by atoms with Gasteiger partial charge in [0.25, 0.3) is 0 Å². The molecule has 26 heavy (non-hydrogen) atoms. The first kappa shape index (κ1) is 19.2. The first-order valence-corrected chi connectivity index (χ1v) is 10.2. The Kier molecular flexibility index (Phi) is 6.20. The summed E-state index contributed by atoms with van der Waals surface area (Å²) in [7, 11) is 0. The molecule has 1 fully saturated rings. The van der Waals surface area contributed by atoms with Crippen LogP contribution in [0.15, 0.2) is 42.5 Å². The topological polar surface area (TPSA) is 24.1 Å². The van der Waals surface area contributed by atoms with Crippen molar-refractivity contribution in [2.75, 3.05) is 5.32 Å². The SMILES string of the molecule is Cc1cccc(CCC2(NC(=S)Nc3ccc(C)c(Cl)c3)CCCC2)c1. The number of hydrogen-bond acceptors (Lipinski definition) is 1. The number of anilines is 1. The summed E-state index contributed by atoms with van der Waals surface area (Å²) in [6.45, 7) is 4.15. The lowest BCUT2D eigenvalue weighted by Gasteiger charge is -2.32. The van der Waals surface area contributed by atoms with Crippen LogP contribution >= 0.6 is 23.8 Å². The van der Waals surface area contributed by atoms with E-state index in [9.17, 15) is 0 Å². The molecule has 0 atom stereocenters. The third kappa shape index (κ3) is 4.99. The van der Waals surface area contributed by atoms with Gasteiger partial charge in [-0.15, -0.1) is 0 Å². The third-order valence-corrected chi connectivity index (χ3v) is 5.96. The number of rotatable bonds is 5. The van der Waals surface area contributed by atoms with Crippen molar-refractivity contribution in [3.05, 3.63) is 64.2 Å². The second kappa shape index (κ2) is 8.41. The molecule has 3 rings (SSSR count). The van der Waals surface area contributed by atoms with Gasteiger partial charge in [-0.3, -0.25) is 0 Å². The second-order valence-corrected chi connectivity index (χ2v) is 8.34. The molecule has 0 unspecified atom stereocenters. The average molecular weight is 387 g/mol. The van der Waals surface area contributed by atoms with Gasteiger partial charge in [-0.2, -0.15) is 0 Å². The van der Waals surface area contributed by atoms with E-state index in [1.54, 1.807) is 0 Å². The Morgan fingerprint density at radius 1 is 1.12 bits per heavy atom. The predicted octanol–water partition coefficient (Wildman–Crippen LogP) is 6.19. The maximum atomic E-state index is 6.22. The van der Waals surface area contributed by atoms with Crippen LogP contribution in [0.25, 0.3) is 0 Å². The van der Waals surface area contributed by atoms with Gasteiger partial charge in [0, 0.05) is 16.2 Å². The van der Waals surface area contributed by atoms with Gasteiger partial charge < -0.3 is 10.6 Å². The molecule has 0 saturated heterocycles. The largest absolute Gasteiger partial charge is 0.357 e. The van der Waals surface area contributed by atoms with Gasteiger partial charge in [0.15, 0.2) is 5.11 Å².